The fraction of sp³-hybridized carbons (Fsp3) is 0.250. The number of rotatable bonds is 5. The number of aliphatic carboxylic acids is 1. The maximum atomic E-state index is 10.6. The van der Waals surface area contributed by atoms with E-state index < -0.39 is 12.0 Å². The Morgan fingerprint density at radius 1 is 1.42 bits per heavy atom. The summed E-state index contributed by atoms with van der Waals surface area (Å²) < 4.78 is 6.41. The molecule has 7 heteroatoms. The molecule has 0 bridgehead atoms. The molecule has 0 saturated carbocycles. The Bertz CT molecular complexity index is 568. The maximum Gasteiger partial charge on any atom is 0.320 e. The highest BCUT2D eigenvalue weighted by molar-refractivity contribution is 9.10. The van der Waals surface area contributed by atoms with Crippen LogP contribution >= 0.6 is 15.9 Å². The van der Waals surface area contributed by atoms with E-state index in [1.807, 2.05) is 24.3 Å². The lowest BCUT2D eigenvalue weighted by Gasteiger charge is -2.05. The van der Waals surface area contributed by atoms with Crippen LogP contribution in [0.2, 0.25) is 0 Å². The molecular formula is C12H12BrN3O3. The zero-order valence-corrected chi connectivity index (χ0v) is 11.7. The quantitative estimate of drug-likeness (QED) is 0.874. The third kappa shape index (κ3) is 3.62. The van der Waals surface area contributed by atoms with E-state index >= 15 is 0 Å². The Morgan fingerprint density at radius 2 is 2.11 bits per heavy atom. The van der Waals surface area contributed by atoms with Crippen molar-refractivity contribution in [1.82, 2.24) is 15.5 Å². The second-order valence-electron chi connectivity index (χ2n) is 3.95. The summed E-state index contributed by atoms with van der Waals surface area (Å²) in [6, 6.07) is 6.81. The molecule has 2 aromatic rings. The molecule has 0 spiro atoms. The lowest BCUT2D eigenvalue weighted by Crippen LogP contribution is -2.33. The van der Waals surface area contributed by atoms with E-state index in [1.165, 1.54) is 0 Å². The van der Waals surface area contributed by atoms with Gasteiger partial charge in [-0.25, -0.2) is 0 Å². The van der Waals surface area contributed by atoms with Crippen molar-refractivity contribution < 1.29 is 14.3 Å². The summed E-state index contributed by atoms with van der Waals surface area (Å²) in [7, 11) is 0. The lowest BCUT2D eigenvalue weighted by molar-refractivity contribution is -0.139. The van der Waals surface area contributed by atoms with E-state index in [2.05, 4.69) is 31.4 Å². The van der Waals surface area contributed by atoms with E-state index in [-0.39, 0.29) is 6.54 Å². The average Bonchev–Trinajstić information content (AvgIpc) is 2.85. The number of hydrogen-bond acceptors (Lipinski definition) is 5. The predicted octanol–water partition coefficient (Wildman–Crippen LogP) is 2.06. The first-order valence-corrected chi connectivity index (χ1v) is 6.40. The highest BCUT2D eigenvalue weighted by Crippen LogP contribution is 2.20. The number of carboxylic acid groups (broad SMARTS) is 1. The SMILES string of the molecule is CC(NCc1nnc(-c2ccc(Br)cc2)o1)C(=O)O. The summed E-state index contributed by atoms with van der Waals surface area (Å²) in [4.78, 5) is 10.6. The summed E-state index contributed by atoms with van der Waals surface area (Å²) in [6.45, 7) is 1.77. The topological polar surface area (TPSA) is 88.3 Å². The molecule has 1 heterocycles. The van der Waals surface area contributed by atoms with Crippen molar-refractivity contribution in [3.63, 3.8) is 0 Å². The van der Waals surface area contributed by atoms with Crippen LogP contribution in [0, 0.1) is 0 Å². The summed E-state index contributed by atoms with van der Waals surface area (Å²) in [6.07, 6.45) is 0. The number of carboxylic acids is 1. The minimum Gasteiger partial charge on any atom is -0.480 e. The Morgan fingerprint density at radius 3 is 2.74 bits per heavy atom. The summed E-state index contributed by atoms with van der Waals surface area (Å²) in [5, 5.41) is 19.3. The highest BCUT2D eigenvalue weighted by atomic mass is 79.9. The number of carbonyl (C=O) groups is 1. The number of nitrogens with one attached hydrogen (secondary N) is 1. The van der Waals surface area contributed by atoms with Gasteiger partial charge in [0.25, 0.3) is 0 Å². The third-order valence-corrected chi connectivity index (χ3v) is 3.02. The van der Waals surface area contributed by atoms with E-state index in [0.29, 0.717) is 11.8 Å². The average molecular weight is 326 g/mol. The molecule has 0 aliphatic rings. The van der Waals surface area contributed by atoms with Gasteiger partial charge in [0.15, 0.2) is 0 Å². The monoisotopic (exact) mass is 325 g/mol. The van der Waals surface area contributed by atoms with Crippen molar-refractivity contribution in [3.8, 4) is 11.5 Å². The van der Waals surface area contributed by atoms with Gasteiger partial charge in [-0.15, -0.1) is 10.2 Å². The van der Waals surface area contributed by atoms with Crippen LogP contribution < -0.4 is 5.32 Å². The second kappa shape index (κ2) is 5.94. The first kappa shape index (κ1) is 13.7. The Kier molecular flexibility index (Phi) is 4.28. The molecule has 0 aliphatic heterocycles. The van der Waals surface area contributed by atoms with Crippen LogP contribution in [0.4, 0.5) is 0 Å². The molecule has 0 radical (unpaired) electrons. The largest absolute Gasteiger partial charge is 0.480 e. The van der Waals surface area contributed by atoms with Crippen molar-refractivity contribution in [2.45, 2.75) is 19.5 Å². The summed E-state index contributed by atoms with van der Waals surface area (Å²) >= 11 is 3.35. The molecule has 6 nitrogen and oxygen atoms in total. The zero-order valence-electron chi connectivity index (χ0n) is 10.1. The summed E-state index contributed by atoms with van der Waals surface area (Å²) in [5.41, 5.74) is 0.813. The van der Waals surface area contributed by atoms with Gasteiger partial charge in [-0.05, 0) is 31.2 Å². The number of aromatic nitrogens is 2. The molecule has 0 aliphatic carbocycles. The predicted molar refractivity (Wildman–Crippen MR) is 71.4 cm³/mol. The molecule has 0 amide bonds. The molecule has 1 unspecified atom stereocenters. The number of nitrogens with zero attached hydrogens (tertiary/aromatic N) is 2. The third-order valence-electron chi connectivity index (χ3n) is 2.49. The maximum absolute atomic E-state index is 10.6. The molecule has 19 heavy (non-hydrogen) atoms. The van der Waals surface area contributed by atoms with Crippen molar-refractivity contribution in [3.05, 3.63) is 34.6 Å². The van der Waals surface area contributed by atoms with E-state index in [1.54, 1.807) is 6.92 Å². The summed E-state index contributed by atoms with van der Waals surface area (Å²) in [5.74, 6) is -0.161. The van der Waals surface area contributed by atoms with E-state index in [0.717, 1.165) is 10.0 Å². The van der Waals surface area contributed by atoms with Gasteiger partial charge in [-0.2, -0.15) is 0 Å². The smallest absolute Gasteiger partial charge is 0.320 e. The van der Waals surface area contributed by atoms with Crippen LogP contribution in [-0.2, 0) is 11.3 Å². The molecule has 2 N–H and O–H groups in total. The van der Waals surface area contributed by atoms with Gasteiger partial charge < -0.3 is 9.52 Å². The van der Waals surface area contributed by atoms with Crippen LogP contribution in [0.15, 0.2) is 33.2 Å². The van der Waals surface area contributed by atoms with Crippen molar-refractivity contribution in [2.75, 3.05) is 0 Å². The van der Waals surface area contributed by atoms with Crippen LogP contribution in [0.25, 0.3) is 11.5 Å². The molecule has 0 fully saturated rings. The molecule has 1 aromatic carbocycles. The normalized spacial score (nSPS) is 12.3. The number of halogens is 1. The van der Waals surface area contributed by atoms with Crippen molar-refractivity contribution in [2.24, 2.45) is 0 Å². The first-order chi connectivity index (χ1) is 9.06. The van der Waals surface area contributed by atoms with Gasteiger partial charge in [0, 0.05) is 10.0 Å². The Balaban J connectivity index is 2.03. The van der Waals surface area contributed by atoms with E-state index in [4.69, 9.17) is 9.52 Å². The van der Waals surface area contributed by atoms with Gasteiger partial charge in [0.05, 0.1) is 6.54 Å². The molecule has 0 saturated heterocycles. The zero-order chi connectivity index (χ0) is 13.8. The molecular weight excluding hydrogens is 314 g/mol. The first-order valence-electron chi connectivity index (χ1n) is 5.61. The van der Waals surface area contributed by atoms with Crippen molar-refractivity contribution in [1.29, 1.82) is 0 Å². The van der Waals surface area contributed by atoms with Gasteiger partial charge in [0.2, 0.25) is 11.8 Å². The Hall–Kier alpha value is -1.73. The fourth-order valence-corrected chi connectivity index (χ4v) is 1.63. The molecule has 100 valence electrons. The van der Waals surface area contributed by atoms with Crippen molar-refractivity contribution >= 4 is 21.9 Å². The van der Waals surface area contributed by atoms with Gasteiger partial charge in [-0.1, -0.05) is 15.9 Å². The highest BCUT2D eigenvalue weighted by Gasteiger charge is 2.13. The minimum absolute atomic E-state index is 0.219. The van der Waals surface area contributed by atoms with E-state index in [9.17, 15) is 4.79 Å². The van der Waals surface area contributed by atoms with Gasteiger partial charge in [0.1, 0.15) is 6.04 Å². The fourth-order valence-electron chi connectivity index (χ4n) is 1.36. The molecule has 1 atom stereocenters. The lowest BCUT2D eigenvalue weighted by atomic mass is 10.2. The van der Waals surface area contributed by atoms with Crippen LogP contribution in [0.1, 0.15) is 12.8 Å². The number of benzene rings is 1. The van der Waals surface area contributed by atoms with Gasteiger partial charge in [-0.3, -0.25) is 10.1 Å². The number of hydrogen-bond donors (Lipinski definition) is 2. The minimum atomic E-state index is -0.923. The van der Waals surface area contributed by atoms with Crippen LogP contribution in [-0.4, -0.2) is 27.3 Å². The molecule has 2 rings (SSSR count). The standard InChI is InChI=1S/C12H12BrN3O3/c1-7(12(17)18)14-6-10-15-16-11(19-10)8-2-4-9(13)5-3-8/h2-5,7,14H,6H2,1H3,(H,17,18). The van der Waals surface area contributed by atoms with Gasteiger partial charge >= 0.3 is 5.97 Å². The Labute approximate surface area is 118 Å². The van der Waals surface area contributed by atoms with Crippen LogP contribution in [0.5, 0.6) is 0 Å². The van der Waals surface area contributed by atoms with Crippen LogP contribution in [0.3, 0.4) is 0 Å². The molecule has 1 aromatic heterocycles. The second-order valence-corrected chi connectivity index (χ2v) is 4.86.